The monoisotopic (exact) mass is 387 g/mol. The number of nitrogens with one attached hydrogen (secondary N) is 1. The van der Waals surface area contributed by atoms with Crippen LogP contribution in [-0.4, -0.2) is 20.9 Å². The number of rotatable bonds is 7. The van der Waals surface area contributed by atoms with E-state index in [9.17, 15) is 13.2 Å². The van der Waals surface area contributed by atoms with Gasteiger partial charge in [0.1, 0.15) is 6.61 Å². The fraction of sp³-hybridized carbons (Fsp3) is 0.188. The molecule has 2 aromatic rings. The zero-order valence-corrected chi connectivity index (χ0v) is 14.9. The van der Waals surface area contributed by atoms with Crippen LogP contribution >= 0.6 is 23.2 Å². The van der Waals surface area contributed by atoms with Crippen molar-refractivity contribution in [3.05, 3.63) is 64.1 Å². The van der Waals surface area contributed by atoms with E-state index in [1.165, 1.54) is 24.3 Å². The molecule has 0 aliphatic rings. The van der Waals surface area contributed by atoms with E-state index in [1.807, 2.05) is 0 Å². The first-order chi connectivity index (χ1) is 11.4. The molecule has 2 rings (SSSR count). The van der Waals surface area contributed by atoms with E-state index in [0.29, 0.717) is 15.6 Å². The molecule has 8 heteroatoms. The van der Waals surface area contributed by atoms with Crippen molar-refractivity contribution in [2.75, 3.05) is 6.54 Å². The minimum Gasteiger partial charge on any atom is -0.461 e. The number of benzene rings is 2. The number of halogens is 2. The van der Waals surface area contributed by atoms with Crippen LogP contribution < -0.4 is 4.72 Å². The van der Waals surface area contributed by atoms with Gasteiger partial charge in [-0.3, -0.25) is 4.79 Å². The van der Waals surface area contributed by atoms with Gasteiger partial charge < -0.3 is 4.74 Å². The SMILES string of the molecule is O=C(CCNS(=O)(=O)c1ccc(Cl)cc1)OCc1ccccc1Cl. The van der Waals surface area contributed by atoms with Crippen LogP contribution in [0, 0.1) is 0 Å². The Bertz CT molecular complexity index is 807. The molecule has 128 valence electrons. The van der Waals surface area contributed by atoms with Crippen molar-refractivity contribution in [3.63, 3.8) is 0 Å². The zero-order valence-electron chi connectivity index (χ0n) is 12.5. The van der Waals surface area contributed by atoms with Gasteiger partial charge >= 0.3 is 5.97 Å². The van der Waals surface area contributed by atoms with Gasteiger partial charge in [-0.1, -0.05) is 41.4 Å². The lowest BCUT2D eigenvalue weighted by molar-refractivity contribution is -0.144. The molecule has 0 amide bonds. The average Bonchev–Trinajstić information content (AvgIpc) is 2.54. The normalized spacial score (nSPS) is 11.2. The van der Waals surface area contributed by atoms with E-state index in [-0.39, 0.29) is 24.5 Å². The Morgan fingerprint density at radius 1 is 1.04 bits per heavy atom. The second kappa shape index (κ2) is 8.48. The highest BCUT2D eigenvalue weighted by Gasteiger charge is 2.14. The lowest BCUT2D eigenvalue weighted by Gasteiger charge is -2.08. The quantitative estimate of drug-likeness (QED) is 0.738. The Hall–Kier alpha value is -1.60. The van der Waals surface area contributed by atoms with E-state index < -0.39 is 16.0 Å². The van der Waals surface area contributed by atoms with E-state index >= 15 is 0 Å². The summed E-state index contributed by atoms with van der Waals surface area (Å²) in [5, 5.41) is 0.950. The summed E-state index contributed by atoms with van der Waals surface area (Å²) in [6.45, 7) is -0.0191. The molecule has 0 saturated heterocycles. The summed E-state index contributed by atoms with van der Waals surface area (Å²) in [7, 11) is -3.68. The molecule has 0 unspecified atom stereocenters. The van der Waals surface area contributed by atoms with Gasteiger partial charge in [0, 0.05) is 22.2 Å². The smallest absolute Gasteiger partial charge is 0.307 e. The topological polar surface area (TPSA) is 72.5 Å². The average molecular weight is 388 g/mol. The summed E-state index contributed by atoms with van der Waals surface area (Å²) in [6, 6.07) is 12.8. The predicted molar refractivity (Wildman–Crippen MR) is 92.5 cm³/mol. The highest BCUT2D eigenvalue weighted by atomic mass is 35.5. The number of carbonyl (C=O) groups is 1. The van der Waals surface area contributed by atoms with Crippen LogP contribution in [0.25, 0.3) is 0 Å². The molecule has 24 heavy (non-hydrogen) atoms. The third-order valence-electron chi connectivity index (χ3n) is 3.09. The molecule has 0 bridgehead atoms. The van der Waals surface area contributed by atoms with E-state index in [4.69, 9.17) is 27.9 Å². The molecule has 0 fully saturated rings. The first-order valence-electron chi connectivity index (χ1n) is 7.03. The van der Waals surface area contributed by atoms with E-state index in [1.54, 1.807) is 24.3 Å². The summed E-state index contributed by atoms with van der Waals surface area (Å²) in [4.78, 5) is 11.8. The van der Waals surface area contributed by atoms with Crippen LogP contribution in [0.4, 0.5) is 0 Å². The summed E-state index contributed by atoms with van der Waals surface area (Å²) in [6.07, 6.45) is -0.0860. The lowest BCUT2D eigenvalue weighted by atomic mass is 10.2. The van der Waals surface area contributed by atoms with Crippen molar-refractivity contribution in [3.8, 4) is 0 Å². The number of hydrogen-bond acceptors (Lipinski definition) is 4. The predicted octanol–water partition coefficient (Wildman–Crippen LogP) is 3.41. The lowest BCUT2D eigenvalue weighted by Crippen LogP contribution is -2.26. The Labute approximate surface area is 150 Å². The number of carbonyl (C=O) groups excluding carboxylic acids is 1. The number of sulfonamides is 1. The Kier molecular flexibility index (Phi) is 6.62. The number of hydrogen-bond donors (Lipinski definition) is 1. The van der Waals surface area contributed by atoms with Gasteiger partial charge in [-0.2, -0.15) is 0 Å². The van der Waals surface area contributed by atoms with Crippen LogP contribution in [0.3, 0.4) is 0 Å². The Morgan fingerprint density at radius 2 is 1.71 bits per heavy atom. The van der Waals surface area contributed by atoms with Crippen molar-refractivity contribution in [2.24, 2.45) is 0 Å². The third kappa shape index (κ3) is 5.49. The van der Waals surface area contributed by atoms with Gasteiger partial charge in [0.15, 0.2) is 0 Å². The van der Waals surface area contributed by atoms with Crippen molar-refractivity contribution in [1.29, 1.82) is 0 Å². The molecule has 0 atom stereocenters. The minimum absolute atomic E-state index is 0.0441. The highest BCUT2D eigenvalue weighted by molar-refractivity contribution is 7.89. The van der Waals surface area contributed by atoms with Crippen LogP contribution in [0.1, 0.15) is 12.0 Å². The largest absolute Gasteiger partial charge is 0.461 e. The van der Waals surface area contributed by atoms with Gasteiger partial charge in [0.2, 0.25) is 10.0 Å². The molecule has 5 nitrogen and oxygen atoms in total. The van der Waals surface area contributed by atoms with Crippen molar-refractivity contribution in [1.82, 2.24) is 4.72 Å². The third-order valence-corrected chi connectivity index (χ3v) is 5.19. The molecule has 0 spiro atoms. The van der Waals surface area contributed by atoms with Crippen LogP contribution in [-0.2, 0) is 26.2 Å². The molecule has 0 saturated carbocycles. The maximum atomic E-state index is 12.0. The van der Waals surface area contributed by atoms with Gasteiger partial charge in [0.25, 0.3) is 0 Å². The fourth-order valence-electron chi connectivity index (χ4n) is 1.83. The Morgan fingerprint density at radius 3 is 2.38 bits per heavy atom. The van der Waals surface area contributed by atoms with Gasteiger partial charge in [0.05, 0.1) is 11.3 Å². The maximum absolute atomic E-state index is 12.0. The van der Waals surface area contributed by atoms with Crippen molar-refractivity contribution >= 4 is 39.2 Å². The van der Waals surface area contributed by atoms with Gasteiger partial charge in [-0.05, 0) is 30.3 Å². The molecule has 0 aromatic heterocycles. The minimum atomic E-state index is -3.68. The van der Waals surface area contributed by atoms with Crippen LogP contribution in [0.5, 0.6) is 0 Å². The Balaban J connectivity index is 1.80. The molecular formula is C16H15Cl2NO4S. The second-order valence-electron chi connectivity index (χ2n) is 4.85. The molecule has 0 aliphatic heterocycles. The van der Waals surface area contributed by atoms with E-state index in [0.717, 1.165) is 0 Å². The molecular weight excluding hydrogens is 373 g/mol. The summed E-state index contributed by atoms with van der Waals surface area (Å²) >= 11 is 11.7. The molecule has 0 aliphatic carbocycles. The van der Waals surface area contributed by atoms with Crippen LogP contribution in [0.2, 0.25) is 10.0 Å². The van der Waals surface area contributed by atoms with Crippen LogP contribution in [0.15, 0.2) is 53.4 Å². The maximum Gasteiger partial charge on any atom is 0.307 e. The molecule has 1 N–H and O–H groups in total. The van der Waals surface area contributed by atoms with Crippen molar-refractivity contribution in [2.45, 2.75) is 17.9 Å². The first-order valence-corrected chi connectivity index (χ1v) is 9.26. The standard InChI is InChI=1S/C16H15Cl2NO4S/c17-13-5-7-14(8-6-13)24(21,22)19-10-9-16(20)23-11-12-3-1-2-4-15(12)18/h1-8,19H,9-11H2. The molecule has 0 radical (unpaired) electrons. The number of ether oxygens (including phenoxy) is 1. The second-order valence-corrected chi connectivity index (χ2v) is 7.46. The fourth-order valence-corrected chi connectivity index (χ4v) is 3.18. The zero-order chi connectivity index (χ0) is 17.6. The summed E-state index contributed by atoms with van der Waals surface area (Å²) in [5.74, 6) is -0.520. The van der Waals surface area contributed by atoms with E-state index in [2.05, 4.69) is 4.72 Å². The first kappa shape index (κ1) is 18.7. The highest BCUT2D eigenvalue weighted by Crippen LogP contribution is 2.16. The van der Waals surface area contributed by atoms with Gasteiger partial charge in [-0.25, -0.2) is 13.1 Å². The molecule has 2 aromatic carbocycles. The summed E-state index contributed by atoms with van der Waals surface area (Å²) in [5.41, 5.74) is 0.689. The van der Waals surface area contributed by atoms with Crippen molar-refractivity contribution < 1.29 is 17.9 Å². The summed E-state index contributed by atoms with van der Waals surface area (Å²) < 4.78 is 31.5. The van der Waals surface area contributed by atoms with Gasteiger partial charge in [-0.15, -0.1) is 0 Å². The number of esters is 1. The molecule has 0 heterocycles.